The van der Waals surface area contributed by atoms with Crippen molar-refractivity contribution >= 4 is 11.7 Å². The second-order valence-electron chi connectivity index (χ2n) is 2.38. The smallest absolute Gasteiger partial charge is 0.195 e. The number of carbonyl (C=O) groups is 1. The van der Waals surface area contributed by atoms with Crippen LogP contribution in [0.2, 0.25) is 0 Å². The lowest BCUT2D eigenvalue weighted by Crippen LogP contribution is -1.94. The Morgan fingerprint density at radius 2 is 2.08 bits per heavy atom. The molecule has 0 aliphatic rings. The van der Waals surface area contributed by atoms with Gasteiger partial charge >= 0.3 is 0 Å². The van der Waals surface area contributed by atoms with E-state index >= 15 is 0 Å². The Bertz CT molecular complexity index is 348. The van der Waals surface area contributed by atoms with Gasteiger partial charge in [0.05, 0.1) is 7.11 Å². The van der Waals surface area contributed by atoms with Gasteiger partial charge in [0.15, 0.2) is 5.78 Å². The number of rotatable bonds is 3. The molecule has 0 aliphatic heterocycles. The molecule has 0 radical (unpaired) electrons. The standard InChI is InChI=1S/C10H9NO2/c1-13-9-4-2-8(3-5-9)10(12)6-7-11/h2-6,11H,1H3. The van der Waals surface area contributed by atoms with Crippen LogP contribution in [-0.4, -0.2) is 18.8 Å². The highest BCUT2D eigenvalue weighted by molar-refractivity contribution is 6.08. The molecule has 0 heterocycles. The summed E-state index contributed by atoms with van der Waals surface area (Å²) >= 11 is 0. The van der Waals surface area contributed by atoms with Crippen LogP contribution in [0.4, 0.5) is 0 Å². The molecule has 66 valence electrons. The third-order valence-corrected chi connectivity index (χ3v) is 1.58. The largest absolute Gasteiger partial charge is 0.497 e. The first kappa shape index (κ1) is 9.23. The van der Waals surface area contributed by atoms with E-state index in [9.17, 15) is 4.79 Å². The number of allylic oxidation sites excluding steroid dienone is 1. The molecule has 0 fully saturated rings. The van der Waals surface area contributed by atoms with Crippen molar-refractivity contribution in [3.63, 3.8) is 0 Å². The van der Waals surface area contributed by atoms with Crippen molar-refractivity contribution in [3.05, 3.63) is 35.9 Å². The topological polar surface area (TPSA) is 50.2 Å². The van der Waals surface area contributed by atoms with E-state index < -0.39 is 0 Å². The number of ether oxygens (including phenoxy) is 1. The third-order valence-electron chi connectivity index (χ3n) is 1.58. The van der Waals surface area contributed by atoms with Crippen LogP contribution in [0.1, 0.15) is 10.4 Å². The minimum atomic E-state index is -0.224. The van der Waals surface area contributed by atoms with Gasteiger partial charge in [-0.25, -0.2) is 0 Å². The lowest BCUT2D eigenvalue weighted by Gasteiger charge is -1.99. The molecule has 1 N–H and O–H groups in total. The fourth-order valence-corrected chi connectivity index (χ4v) is 0.904. The highest BCUT2D eigenvalue weighted by Gasteiger charge is 2.00. The zero-order valence-corrected chi connectivity index (χ0v) is 7.20. The molecular weight excluding hydrogens is 166 g/mol. The van der Waals surface area contributed by atoms with E-state index in [4.69, 9.17) is 10.1 Å². The van der Waals surface area contributed by atoms with Crippen LogP contribution in [0.5, 0.6) is 5.75 Å². The van der Waals surface area contributed by atoms with Crippen LogP contribution in [-0.2, 0) is 0 Å². The van der Waals surface area contributed by atoms with Crippen molar-refractivity contribution in [3.8, 4) is 5.75 Å². The normalized spacial score (nSPS) is 8.69. The van der Waals surface area contributed by atoms with Crippen LogP contribution >= 0.6 is 0 Å². The van der Waals surface area contributed by atoms with Gasteiger partial charge in [-0.05, 0) is 30.1 Å². The summed E-state index contributed by atoms with van der Waals surface area (Å²) in [5, 5.41) is 6.61. The molecule has 0 saturated carbocycles. The van der Waals surface area contributed by atoms with Crippen molar-refractivity contribution in [2.24, 2.45) is 0 Å². The number of benzene rings is 1. The fraction of sp³-hybridized carbons (Fsp3) is 0.100. The van der Waals surface area contributed by atoms with E-state index in [1.807, 2.05) is 5.87 Å². The van der Waals surface area contributed by atoms with Crippen LogP contribution in [0.15, 0.2) is 30.3 Å². The molecule has 0 spiro atoms. The van der Waals surface area contributed by atoms with Gasteiger partial charge in [-0.15, -0.1) is 0 Å². The summed E-state index contributed by atoms with van der Waals surface area (Å²) in [6, 6.07) is 6.69. The van der Waals surface area contributed by atoms with E-state index in [2.05, 4.69) is 0 Å². The quantitative estimate of drug-likeness (QED) is 0.431. The molecule has 0 amide bonds. The van der Waals surface area contributed by atoms with Crippen LogP contribution in [0.25, 0.3) is 0 Å². The zero-order chi connectivity index (χ0) is 9.68. The van der Waals surface area contributed by atoms with Crippen molar-refractivity contribution in [2.45, 2.75) is 0 Å². The minimum Gasteiger partial charge on any atom is -0.497 e. The number of hydrogen-bond donors (Lipinski definition) is 1. The molecule has 13 heavy (non-hydrogen) atoms. The molecule has 0 unspecified atom stereocenters. The molecule has 0 bridgehead atoms. The van der Waals surface area contributed by atoms with Crippen LogP contribution < -0.4 is 4.74 Å². The molecular formula is C10H9NO2. The first-order chi connectivity index (χ1) is 6.27. The van der Waals surface area contributed by atoms with Crippen LogP contribution in [0.3, 0.4) is 0 Å². The van der Waals surface area contributed by atoms with Crippen molar-refractivity contribution in [2.75, 3.05) is 7.11 Å². The number of hydrogen-bond acceptors (Lipinski definition) is 3. The molecule has 0 aromatic heterocycles. The Kier molecular flexibility index (Phi) is 3.01. The number of carbonyl (C=O) groups excluding carboxylic acids is 1. The molecule has 0 atom stereocenters. The molecule has 0 aliphatic carbocycles. The molecule has 3 nitrogen and oxygen atoms in total. The molecule has 1 rings (SSSR count). The average molecular weight is 175 g/mol. The first-order valence-corrected chi connectivity index (χ1v) is 3.72. The van der Waals surface area contributed by atoms with E-state index in [1.165, 1.54) is 0 Å². The Balaban J connectivity index is 2.92. The predicted molar refractivity (Wildman–Crippen MR) is 49.6 cm³/mol. The van der Waals surface area contributed by atoms with E-state index in [1.54, 1.807) is 31.4 Å². The Morgan fingerprint density at radius 1 is 1.46 bits per heavy atom. The van der Waals surface area contributed by atoms with E-state index in [0.717, 1.165) is 6.08 Å². The predicted octanol–water partition coefficient (Wildman–Crippen LogP) is 1.68. The summed E-state index contributed by atoms with van der Waals surface area (Å²) in [6.07, 6.45) is 1.09. The summed E-state index contributed by atoms with van der Waals surface area (Å²) in [6.45, 7) is 0. The molecule has 1 aromatic rings. The lowest BCUT2D eigenvalue weighted by atomic mass is 10.1. The summed E-state index contributed by atoms with van der Waals surface area (Å²) in [7, 11) is 1.56. The van der Waals surface area contributed by atoms with Gasteiger partial charge in [-0.3, -0.25) is 10.2 Å². The zero-order valence-electron chi connectivity index (χ0n) is 7.20. The minimum absolute atomic E-state index is 0.224. The SMILES string of the molecule is COc1ccc(C(=O)C=C=N)cc1. The van der Waals surface area contributed by atoms with Crippen molar-refractivity contribution in [1.29, 1.82) is 5.41 Å². The van der Waals surface area contributed by atoms with Crippen LogP contribution in [0, 0.1) is 5.41 Å². The van der Waals surface area contributed by atoms with Gasteiger partial charge in [0.1, 0.15) is 5.75 Å². The average Bonchev–Trinajstić information content (AvgIpc) is 2.18. The number of methoxy groups -OCH3 is 1. The molecule has 0 saturated heterocycles. The number of ketones is 1. The number of nitrogens with one attached hydrogen (secondary N) is 1. The Hall–Kier alpha value is -1.86. The molecule has 1 aromatic carbocycles. The van der Waals surface area contributed by atoms with Gasteiger partial charge < -0.3 is 4.74 Å². The monoisotopic (exact) mass is 175 g/mol. The van der Waals surface area contributed by atoms with Crippen molar-refractivity contribution < 1.29 is 9.53 Å². The summed E-state index contributed by atoms with van der Waals surface area (Å²) in [5.74, 6) is 2.42. The highest BCUT2D eigenvalue weighted by Crippen LogP contribution is 2.11. The molecule has 3 heteroatoms. The van der Waals surface area contributed by atoms with Gasteiger partial charge in [-0.1, -0.05) is 0 Å². The second-order valence-corrected chi connectivity index (χ2v) is 2.38. The maximum absolute atomic E-state index is 11.2. The summed E-state index contributed by atoms with van der Waals surface area (Å²) in [5.41, 5.74) is 0.528. The summed E-state index contributed by atoms with van der Waals surface area (Å²) in [4.78, 5) is 11.2. The fourth-order valence-electron chi connectivity index (χ4n) is 0.904. The van der Waals surface area contributed by atoms with E-state index in [0.29, 0.717) is 11.3 Å². The van der Waals surface area contributed by atoms with E-state index in [-0.39, 0.29) is 5.78 Å². The van der Waals surface area contributed by atoms with Crippen molar-refractivity contribution in [1.82, 2.24) is 0 Å². The lowest BCUT2D eigenvalue weighted by molar-refractivity contribution is 0.104. The second kappa shape index (κ2) is 4.24. The van der Waals surface area contributed by atoms with Gasteiger partial charge in [0.2, 0.25) is 0 Å². The Morgan fingerprint density at radius 3 is 2.54 bits per heavy atom. The maximum Gasteiger partial charge on any atom is 0.195 e. The van der Waals surface area contributed by atoms with Gasteiger partial charge in [0.25, 0.3) is 0 Å². The van der Waals surface area contributed by atoms with Gasteiger partial charge in [0, 0.05) is 11.6 Å². The van der Waals surface area contributed by atoms with Gasteiger partial charge in [-0.2, -0.15) is 0 Å². The first-order valence-electron chi connectivity index (χ1n) is 3.72. The summed E-state index contributed by atoms with van der Waals surface area (Å²) < 4.78 is 4.93. The maximum atomic E-state index is 11.2. The third kappa shape index (κ3) is 2.29. The highest BCUT2D eigenvalue weighted by atomic mass is 16.5. The Labute approximate surface area is 76.2 Å².